The van der Waals surface area contributed by atoms with Gasteiger partial charge >= 0.3 is 5.97 Å². The summed E-state index contributed by atoms with van der Waals surface area (Å²) in [5.74, 6) is -0.731. The lowest BCUT2D eigenvalue weighted by molar-refractivity contribution is -0.921. The maximum Gasteiger partial charge on any atom is 0.338 e. The van der Waals surface area contributed by atoms with Crippen molar-refractivity contribution in [2.75, 3.05) is 32.9 Å². The van der Waals surface area contributed by atoms with Gasteiger partial charge in [0.1, 0.15) is 19.6 Å². The van der Waals surface area contributed by atoms with Crippen molar-refractivity contribution < 1.29 is 24.0 Å². The van der Waals surface area contributed by atoms with Crippen molar-refractivity contribution in [1.82, 2.24) is 5.32 Å². The number of amides is 1. The SMILES string of the molecule is CCC[C@@H](C)NC(=O)COC(=O)c1ccc(C[NH+]2CCOCC2)cc1. The van der Waals surface area contributed by atoms with Crippen LogP contribution in [0.4, 0.5) is 0 Å². The third kappa shape index (κ3) is 6.84. The van der Waals surface area contributed by atoms with Gasteiger partial charge in [0.2, 0.25) is 0 Å². The predicted octanol–water partition coefficient (Wildman–Crippen LogP) is 0.563. The van der Waals surface area contributed by atoms with Gasteiger partial charge in [0.25, 0.3) is 5.91 Å². The molecule has 25 heavy (non-hydrogen) atoms. The molecule has 1 amide bonds. The number of hydrogen-bond donors (Lipinski definition) is 2. The Labute approximate surface area is 149 Å². The molecule has 6 nitrogen and oxygen atoms in total. The first-order valence-electron chi connectivity index (χ1n) is 9.05. The Balaban J connectivity index is 1.76. The summed E-state index contributed by atoms with van der Waals surface area (Å²) in [6.45, 7) is 8.32. The molecule has 0 saturated carbocycles. The average Bonchev–Trinajstić information content (AvgIpc) is 2.61. The fourth-order valence-corrected chi connectivity index (χ4v) is 2.92. The van der Waals surface area contributed by atoms with Crippen LogP contribution in [0.25, 0.3) is 0 Å². The molecule has 0 bridgehead atoms. The van der Waals surface area contributed by atoms with E-state index in [1.54, 1.807) is 12.1 Å². The normalized spacial score (nSPS) is 16.2. The highest BCUT2D eigenvalue weighted by Gasteiger charge is 2.15. The Morgan fingerprint density at radius 2 is 1.92 bits per heavy atom. The average molecular weight is 349 g/mol. The molecule has 1 aromatic rings. The first-order valence-corrected chi connectivity index (χ1v) is 9.05. The summed E-state index contributed by atoms with van der Waals surface area (Å²) in [5.41, 5.74) is 1.65. The molecule has 0 unspecified atom stereocenters. The lowest BCUT2D eigenvalue weighted by Gasteiger charge is -2.23. The van der Waals surface area contributed by atoms with E-state index < -0.39 is 5.97 Å². The molecule has 6 heteroatoms. The molecule has 0 radical (unpaired) electrons. The largest absolute Gasteiger partial charge is 0.452 e. The van der Waals surface area contributed by atoms with Crippen molar-refractivity contribution in [2.45, 2.75) is 39.3 Å². The van der Waals surface area contributed by atoms with Crippen LogP contribution in [0.3, 0.4) is 0 Å². The summed E-state index contributed by atoms with van der Waals surface area (Å²) in [4.78, 5) is 25.3. The van der Waals surface area contributed by atoms with Gasteiger partial charge in [0.05, 0.1) is 18.8 Å². The smallest absolute Gasteiger partial charge is 0.338 e. The lowest BCUT2D eigenvalue weighted by atomic mass is 10.1. The minimum absolute atomic E-state index is 0.0955. The van der Waals surface area contributed by atoms with Crippen molar-refractivity contribution in [1.29, 1.82) is 0 Å². The molecule has 0 spiro atoms. The van der Waals surface area contributed by atoms with Crippen LogP contribution in [0.5, 0.6) is 0 Å². The summed E-state index contributed by atoms with van der Waals surface area (Å²) >= 11 is 0. The number of carbonyl (C=O) groups is 2. The van der Waals surface area contributed by atoms with Crippen LogP contribution in [-0.4, -0.2) is 50.8 Å². The topological polar surface area (TPSA) is 69.1 Å². The molecular weight excluding hydrogens is 320 g/mol. The zero-order valence-corrected chi connectivity index (χ0v) is 15.2. The quantitative estimate of drug-likeness (QED) is 0.673. The standard InChI is InChI=1S/C19H28N2O4/c1-3-4-15(2)20-18(22)14-25-19(23)17-7-5-16(6-8-17)13-21-9-11-24-12-10-21/h5-8,15H,3-4,9-14H2,1-2H3,(H,20,22)/p+1/t15-/m1/s1. The van der Waals surface area contributed by atoms with Crippen molar-refractivity contribution in [2.24, 2.45) is 0 Å². The van der Waals surface area contributed by atoms with Crippen molar-refractivity contribution in [3.63, 3.8) is 0 Å². The second kappa shape index (κ2) is 10.2. The number of rotatable bonds is 8. The first-order chi connectivity index (χ1) is 12.1. The number of carbonyl (C=O) groups excluding carboxylic acids is 2. The van der Waals surface area contributed by atoms with Crippen LogP contribution in [-0.2, 0) is 20.8 Å². The highest BCUT2D eigenvalue weighted by atomic mass is 16.5. The van der Waals surface area contributed by atoms with Gasteiger partial charge in [-0.05, 0) is 25.5 Å². The molecule has 1 saturated heterocycles. The van der Waals surface area contributed by atoms with E-state index in [0.29, 0.717) is 5.56 Å². The second-order valence-electron chi connectivity index (χ2n) is 6.57. The zero-order chi connectivity index (χ0) is 18.1. The van der Waals surface area contributed by atoms with E-state index in [1.165, 1.54) is 10.5 Å². The molecular formula is C19H29N2O4+. The molecule has 138 valence electrons. The molecule has 2 N–H and O–H groups in total. The molecule has 0 aliphatic carbocycles. The van der Waals surface area contributed by atoms with Gasteiger partial charge in [-0.15, -0.1) is 0 Å². The Bertz CT molecular complexity index is 553. The Kier molecular flexibility index (Phi) is 7.88. The molecule has 1 heterocycles. The van der Waals surface area contributed by atoms with Crippen molar-refractivity contribution in [3.05, 3.63) is 35.4 Å². The van der Waals surface area contributed by atoms with E-state index in [9.17, 15) is 9.59 Å². The maximum atomic E-state index is 12.0. The molecule has 1 aliphatic rings. The summed E-state index contributed by atoms with van der Waals surface area (Å²) in [5, 5.41) is 2.81. The van der Waals surface area contributed by atoms with E-state index >= 15 is 0 Å². The highest BCUT2D eigenvalue weighted by molar-refractivity contribution is 5.91. The molecule has 1 aliphatic heterocycles. The number of nitrogens with one attached hydrogen (secondary N) is 2. The minimum Gasteiger partial charge on any atom is -0.452 e. The fraction of sp³-hybridized carbons (Fsp3) is 0.579. The highest BCUT2D eigenvalue weighted by Crippen LogP contribution is 2.06. The van der Waals surface area contributed by atoms with Crippen molar-refractivity contribution in [3.8, 4) is 0 Å². The number of quaternary nitrogens is 1. The summed E-state index contributed by atoms with van der Waals surface area (Å²) in [6.07, 6.45) is 1.91. The maximum absolute atomic E-state index is 12.0. The van der Waals surface area contributed by atoms with Crippen LogP contribution < -0.4 is 10.2 Å². The molecule has 1 aromatic carbocycles. The van der Waals surface area contributed by atoms with Crippen molar-refractivity contribution >= 4 is 11.9 Å². The number of morpholine rings is 1. The van der Waals surface area contributed by atoms with Crippen LogP contribution in [0, 0.1) is 0 Å². The Hall–Kier alpha value is -1.92. The lowest BCUT2D eigenvalue weighted by Crippen LogP contribution is -3.12. The summed E-state index contributed by atoms with van der Waals surface area (Å²) < 4.78 is 10.4. The van der Waals surface area contributed by atoms with Crippen LogP contribution in [0.15, 0.2) is 24.3 Å². The molecule has 2 rings (SSSR count). The first kappa shape index (κ1) is 19.4. The third-order valence-corrected chi connectivity index (χ3v) is 4.31. The van der Waals surface area contributed by atoms with Gasteiger partial charge in [-0.3, -0.25) is 4.79 Å². The second-order valence-corrected chi connectivity index (χ2v) is 6.57. The molecule has 1 atom stereocenters. The zero-order valence-electron chi connectivity index (χ0n) is 15.2. The number of hydrogen-bond acceptors (Lipinski definition) is 4. The van der Waals surface area contributed by atoms with Gasteiger partial charge < -0.3 is 19.7 Å². The summed E-state index contributed by atoms with van der Waals surface area (Å²) in [6, 6.07) is 7.51. The van der Waals surface area contributed by atoms with Gasteiger partial charge in [-0.25, -0.2) is 4.79 Å². The van der Waals surface area contributed by atoms with E-state index in [4.69, 9.17) is 9.47 Å². The van der Waals surface area contributed by atoms with E-state index in [1.807, 2.05) is 19.1 Å². The minimum atomic E-state index is -0.469. The van der Waals surface area contributed by atoms with Gasteiger partial charge in [0, 0.05) is 11.6 Å². The monoisotopic (exact) mass is 349 g/mol. The Morgan fingerprint density at radius 3 is 2.56 bits per heavy atom. The number of benzene rings is 1. The van der Waals surface area contributed by atoms with E-state index in [-0.39, 0.29) is 18.6 Å². The molecule has 1 fully saturated rings. The number of esters is 1. The molecule has 0 aromatic heterocycles. The van der Waals surface area contributed by atoms with Crippen LogP contribution >= 0.6 is 0 Å². The number of ether oxygens (including phenoxy) is 2. The summed E-state index contributed by atoms with van der Waals surface area (Å²) in [7, 11) is 0. The third-order valence-electron chi connectivity index (χ3n) is 4.31. The van der Waals surface area contributed by atoms with Gasteiger partial charge in [0.15, 0.2) is 6.61 Å². The van der Waals surface area contributed by atoms with Crippen LogP contribution in [0.1, 0.15) is 42.6 Å². The fourth-order valence-electron chi connectivity index (χ4n) is 2.92. The predicted molar refractivity (Wildman–Crippen MR) is 94.5 cm³/mol. The van der Waals surface area contributed by atoms with E-state index in [2.05, 4.69) is 12.2 Å². The van der Waals surface area contributed by atoms with E-state index in [0.717, 1.165) is 45.7 Å². The van der Waals surface area contributed by atoms with Gasteiger partial charge in [-0.2, -0.15) is 0 Å². The van der Waals surface area contributed by atoms with Gasteiger partial charge in [-0.1, -0.05) is 25.5 Å². The van der Waals surface area contributed by atoms with Crippen LogP contribution in [0.2, 0.25) is 0 Å². The Morgan fingerprint density at radius 1 is 1.24 bits per heavy atom.